The fraction of sp³-hybridized carbons (Fsp3) is 0.862. The molecular formula is C29H44O8. The Balaban J connectivity index is 1.44. The maximum Gasteiger partial charge on any atom is 0.309 e. The molecule has 0 amide bonds. The van der Waals surface area contributed by atoms with Crippen LogP contribution in [-0.4, -0.2) is 72.9 Å². The van der Waals surface area contributed by atoms with E-state index in [0.717, 1.165) is 0 Å². The molecule has 3 saturated carbocycles. The van der Waals surface area contributed by atoms with Crippen molar-refractivity contribution in [1.82, 2.24) is 0 Å². The number of fused-ring (bicyclic) bond motifs is 5. The minimum absolute atomic E-state index is 0.104. The Hall–Kier alpha value is -1.32. The predicted octanol–water partition coefficient (Wildman–Crippen LogP) is 1.89. The van der Waals surface area contributed by atoms with E-state index in [2.05, 4.69) is 0 Å². The van der Waals surface area contributed by atoms with Crippen LogP contribution >= 0.6 is 0 Å². The van der Waals surface area contributed by atoms with Gasteiger partial charge >= 0.3 is 5.97 Å². The molecule has 13 atom stereocenters. The number of hydrogen-bond donors (Lipinski definition) is 5. The quantitative estimate of drug-likeness (QED) is 0.354. The standard InChI is InChI=1S/C29H44O8/c1-14-16(15(2)37-25(14)34)10-24(33)28(5,35)23-7-9-29(36)18-11-20(30)19-12-21(31)22(32)13-26(19,3)17(18)6-8-27(23,29)4/h11,14-17,19,21-24,31-33,35-36H,6-10,12-13H2,1-5H3/t14-,15+,16-,17+,19+,21+,22-,23-,24+,26+,27-,28+,29-/m0/s1. The summed E-state index contributed by atoms with van der Waals surface area (Å²) in [5, 5.41) is 56.2. The smallest absolute Gasteiger partial charge is 0.309 e. The monoisotopic (exact) mass is 520 g/mol. The molecular weight excluding hydrogens is 476 g/mol. The minimum Gasteiger partial charge on any atom is -0.462 e. The molecule has 0 bridgehead atoms. The lowest BCUT2D eigenvalue weighted by atomic mass is 9.45. The summed E-state index contributed by atoms with van der Waals surface area (Å²) in [4.78, 5) is 25.4. The molecule has 5 N–H and O–H groups in total. The van der Waals surface area contributed by atoms with Gasteiger partial charge in [0, 0.05) is 17.3 Å². The number of esters is 1. The van der Waals surface area contributed by atoms with Crippen LogP contribution in [0.15, 0.2) is 11.6 Å². The van der Waals surface area contributed by atoms with Gasteiger partial charge in [0.25, 0.3) is 0 Å². The highest BCUT2D eigenvalue weighted by Gasteiger charge is 2.69. The van der Waals surface area contributed by atoms with Crippen LogP contribution in [0.2, 0.25) is 0 Å². The zero-order valence-corrected chi connectivity index (χ0v) is 22.7. The number of carbonyl (C=O) groups is 2. The highest BCUT2D eigenvalue weighted by Crippen LogP contribution is 2.68. The second-order valence-corrected chi connectivity index (χ2v) is 13.7. The maximum absolute atomic E-state index is 13.3. The molecule has 8 nitrogen and oxygen atoms in total. The molecule has 0 aromatic carbocycles. The Morgan fingerprint density at radius 2 is 1.78 bits per heavy atom. The first-order chi connectivity index (χ1) is 17.1. The number of cyclic esters (lactones) is 1. The van der Waals surface area contributed by atoms with Crippen LogP contribution in [0.4, 0.5) is 0 Å². The van der Waals surface area contributed by atoms with Crippen molar-refractivity contribution in [2.45, 2.75) is 115 Å². The van der Waals surface area contributed by atoms with E-state index in [9.17, 15) is 35.1 Å². The van der Waals surface area contributed by atoms with Gasteiger partial charge < -0.3 is 30.3 Å². The van der Waals surface area contributed by atoms with Crippen molar-refractivity contribution in [1.29, 1.82) is 0 Å². The SMILES string of the molecule is C[C@@H]1C(=O)O[C@H](C)[C@H]1C[C@@H](O)[C@](C)(O)[C@H]1CC[C@]2(O)C3=CC(=O)[C@H]4C[C@@H](O)[C@@H](O)C[C@]4(C)[C@@H]3CC[C@@]12C. The molecule has 1 heterocycles. The van der Waals surface area contributed by atoms with Crippen LogP contribution < -0.4 is 0 Å². The Morgan fingerprint density at radius 3 is 2.41 bits per heavy atom. The molecule has 8 heteroatoms. The zero-order valence-electron chi connectivity index (χ0n) is 22.7. The third-order valence-corrected chi connectivity index (χ3v) is 11.9. The maximum atomic E-state index is 13.3. The number of hydrogen-bond acceptors (Lipinski definition) is 8. The number of ketones is 1. The van der Waals surface area contributed by atoms with Crippen molar-refractivity contribution in [3.05, 3.63) is 11.6 Å². The van der Waals surface area contributed by atoms with E-state index in [1.807, 2.05) is 20.8 Å². The zero-order chi connectivity index (χ0) is 27.3. The summed E-state index contributed by atoms with van der Waals surface area (Å²) in [6, 6.07) is 0. The van der Waals surface area contributed by atoms with Gasteiger partial charge in [0.2, 0.25) is 0 Å². The average molecular weight is 521 g/mol. The molecule has 5 aliphatic rings. The van der Waals surface area contributed by atoms with Crippen molar-refractivity contribution in [3.8, 4) is 0 Å². The molecule has 0 unspecified atom stereocenters. The molecule has 5 rings (SSSR count). The molecule has 0 aromatic rings. The molecule has 4 fully saturated rings. The fourth-order valence-electron chi connectivity index (χ4n) is 9.39. The number of carbonyl (C=O) groups excluding carboxylic acids is 2. The summed E-state index contributed by atoms with van der Waals surface area (Å²) in [5.41, 5.74) is -3.47. The molecule has 0 radical (unpaired) electrons. The van der Waals surface area contributed by atoms with Gasteiger partial charge in [-0.15, -0.1) is 0 Å². The van der Waals surface area contributed by atoms with E-state index in [-0.39, 0.29) is 48.5 Å². The van der Waals surface area contributed by atoms with E-state index in [0.29, 0.717) is 37.7 Å². The Morgan fingerprint density at radius 1 is 1.11 bits per heavy atom. The van der Waals surface area contributed by atoms with E-state index in [1.165, 1.54) is 0 Å². The lowest BCUT2D eigenvalue weighted by Gasteiger charge is -2.60. The molecule has 0 spiro atoms. The van der Waals surface area contributed by atoms with E-state index in [4.69, 9.17) is 4.74 Å². The number of rotatable bonds is 4. The van der Waals surface area contributed by atoms with Gasteiger partial charge in [-0.05, 0) is 87.7 Å². The van der Waals surface area contributed by atoms with E-state index < -0.39 is 52.2 Å². The van der Waals surface area contributed by atoms with Gasteiger partial charge in [-0.3, -0.25) is 9.59 Å². The topological polar surface area (TPSA) is 145 Å². The van der Waals surface area contributed by atoms with Gasteiger partial charge in [-0.1, -0.05) is 20.8 Å². The molecule has 4 aliphatic carbocycles. The Labute approximate surface area is 219 Å². The third kappa shape index (κ3) is 3.65. The minimum atomic E-state index is -1.52. The van der Waals surface area contributed by atoms with Gasteiger partial charge in [-0.2, -0.15) is 0 Å². The predicted molar refractivity (Wildman–Crippen MR) is 134 cm³/mol. The van der Waals surface area contributed by atoms with Crippen LogP contribution in [0, 0.1) is 40.4 Å². The third-order valence-electron chi connectivity index (χ3n) is 11.9. The fourth-order valence-corrected chi connectivity index (χ4v) is 9.39. The van der Waals surface area contributed by atoms with Crippen LogP contribution in [0.1, 0.15) is 79.6 Å². The summed E-state index contributed by atoms with van der Waals surface area (Å²) in [6.07, 6.45) is 1.21. The number of aliphatic hydroxyl groups is 5. The van der Waals surface area contributed by atoms with Crippen LogP contribution in [0.5, 0.6) is 0 Å². The lowest BCUT2D eigenvalue weighted by Crippen LogP contribution is -2.63. The highest BCUT2D eigenvalue weighted by atomic mass is 16.6. The van der Waals surface area contributed by atoms with Crippen molar-refractivity contribution in [3.63, 3.8) is 0 Å². The van der Waals surface area contributed by atoms with Crippen LogP contribution in [0.25, 0.3) is 0 Å². The molecule has 0 aromatic heterocycles. The first-order valence-electron chi connectivity index (χ1n) is 14.0. The summed E-state index contributed by atoms with van der Waals surface area (Å²) in [6.45, 7) is 9.21. The number of allylic oxidation sites excluding steroid dienone is 1. The van der Waals surface area contributed by atoms with Crippen LogP contribution in [0.3, 0.4) is 0 Å². The van der Waals surface area contributed by atoms with Gasteiger partial charge in [0.05, 0.1) is 35.4 Å². The number of aliphatic hydroxyl groups excluding tert-OH is 3. The summed E-state index contributed by atoms with van der Waals surface area (Å²) in [7, 11) is 0. The molecule has 208 valence electrons. The Kier molecular flexibility index (Phi) is 6.33. The lowest BCUT2D eigenvalue weighted by molar-refractivity contribution is -0.178. The second-order valence-electron chi connectivity index (χ2n) is 13.7. The first-order valence-corrected chi connectivity index (χ1v) is 14.0. The van der Waals surface area contributed by atoms with Gasteiger partial charge in [-0.25, -0.2) is 0 Å². The normalized spacial score (nSPS) is 51.9. The largest absolute Gasteiger partial charge is 0.462 e. The van der Waals surface area contributed by atoms with Crippen molar-refractivity contribution in [2.75, 3.05) is 0 Å². The second kappa shape index (κ2) is 8.59. The van der Waals surface area contributed by atoms with Gasteiger partial charge in [0.15, 0.2) is 5.78 Å². The number of ether oxygens (including phenoxy) is 1. The van der Waals surface area contributed by atoms with Crippen molar-refractivity contribution < 1.29 is 39.9 Å². The Bertz CT molecular complexity index is 1010. The molecule has 37 heavy (non-hydrogen) atoms. The van der Waals surface area contributed by atoms with E-state index in [1.54, 1.807) is 19.9 Å². The van der Waals surface area contributed by atoms with E-state index >= 15 is 0 Å². The first kappa shape index (κ1) is 27.3. The molecule has 1 saturated heterocycles. The molecule has 1 aliphatic heterocycles. The summed E-state index contributed by atoms with van der Waals surface area (Å²) >= 11 is 0. The average Bonchev–Trinajstić information content (AvgIpc) is 3.23. The summed E-state index contributed by atoms with van der Waals surface area (Å²) in [5.74, 6) is -1.88. The van der Waals surface area contributed by atoms with Crippen LogP contribution in [-0.2, 0) is 14.3 Å². The van der Waals surface area contributed by atoms with Crippen molar-refractivity contribution >= 4 is 11.8 Å². The highest BCUT2D eigenvalue weighted by molar-refractivity contribution is 5.95. The summed E-state index contributed by atoms with van der Waals surface area (Å²) < 4.78 is 5.34. The van der Waals surface area contributed by atoms with Crippen molar-refractivity contribution in [2.24, 2.45) is 40.4 Å². The van der Waals surface area contributed by atoms with Gasteiger partial charge in [0.1, 0.15) is 6.10 Å².